The minimum absolute atomic E-state index is 0.0281. The topological polar surface area (TPSA) is 336 Å². The first-order chi connectivity index (χ1) is 20.8. The van der Waals surface area contributed by atoms with Gasteiger partial charge in [0.2, 0.25) is 5.95 Å². The van der Waals surface area contributed by atoms with Crippen molar-refractivity contribution in [3.63, 3.8) is 0 Å². The fourth-order valence-electron chi connectivity index (χ4n) is 3.74. The molecule has 19 nitrogen and oxygen atoms in total. The summed E-state index contributed by atoms with van der Waals surface area (Å²) in [6.45, 7) is 0.255. The number of carboxylic acids is 2. The predicted molar refractivity (Wildman–Crippen MR) is 155 cm³/mol. The van der Waals surface area contributed by atoms with Gasteiger partial charge in [-0.3, -0.25) is 19.4 Å². The molecule has 0 bridgehead atoms. The van der Waals surface area contributed by atoms with Crippen LogP contribution in [0.2, 0.25) is 0 Å². The summed E-state index contributed by atoms with van der Waals surface area (Å²) in [5, 5.41) is 64.7. The average molecular weight is 625 g/mol. The number of amides is 1. The third-order valence-corrected chi connectivity index (χ3v) is 6.23. The van der Waals surface area contributed by atoms with Gasteiger partial charge < -0.3 is 68.2 Å². The molecule has 1 aliphatic heterocycles. The number of aliphatic carboxylic acids is 2. The van der Waals surface area contributed by atoms with Gasteiger partial charge in [0.15, 0.2) is 5.82 Å². The first-order valence-corrected chi connectivity index (χ1v) is 13.1. The fraction of sp³-hybridized carbons (Fsp3) is 0.440. The first-order valence-electron chi connectivity index (χ1n) is 13.1. The van der Waals surface area contributed by atoms with Crippen LogP contribution in [0.4, 0.5) is 23.1 Å². The molecule has 0 saturated carbocycles. The average Bonchev–Trinajstić information content (AvgIpc) is 3.00. The molecule has 19 heteroatoms. The zero-order valence-electron chi connectivity index (χ0n) is 23.2. The van der Waals surface area contributed by atoms with Crippen LogP contribution >= 0.6 is 0 Å². The van der Waals surface area contributed by atoms with Gasteiger partial charge >= 0.3 is 11.9 Å². The van der Waals surface area contributed by atoms with E-state index in [0.717, 1.165) is 0 Å². The van der Waals surface area contributed by atoms with Gasteiger partial charge in [0.05, 0.1) is 18.7 Å². The van der Waals surface area contributed by atoms with Crippen molar-refractivity contribution in [3.05, 3.63) is 40.2 Å². The summed E-state index contributed by atoms with van der Waals surface area (Å²) in [4.78, 5) is 62.6. The van der Waals surface area contributed by atoms with Crippen molar-refractivity contribution in [2.24, 2.45) is 5.73 Å². The molecule has 2 aromatic rings. The van der Waals surface area contributed by atoms with Crippen LogP contribution in [0.5, 0.6) is 0 Å². The monoisotopic (exact) mass is 624 g/mol. The molecule has 1 aromatic carbocycles. The molecule has 0 fully saturated rings. The van der Waals surface area contributed by atoms with E-state index in [0.29, 0.717) is 30.3 Å². The molecule has 0 saturated heterocycles. The lowest BCUT2D eigenvalue weighted by molar-refractivity contribution is -0.140. The summed E-state index contributed by atoms with van der Waals surface area (Å²) >= 11 is 0. The number of carboxylic acid groups (broad SMARTS) is 2. The lowest BCUT2D eigenvalue weighted by Crippen LogP contribution is -2.49. The molecular formula is C25H36N8O11. The van der Waals surface area contributed by atoms with Crippen LogP contribution in [0.15, 0.2) is 29.1 Å². The standard InChI is InChI=1S/C19H23N7O6.C6H13NO5/c20-19-25-15-14(17(30)26-19)23-11(8-22-15)7-21-10-3-1-9(2-4-10)16(29)24-12(18(31)32)5-6-13(27)28;7-3(1-8)5(11)6(12)4(10)2-9/h1-4,11-12,21,23H,5-8H2,(H,24,29)(H,27,28)(H,31,32)(H4,20,22,25,26,30);1,3-6,9-12H,2,7H2/t;3-,4+,5+,6-/m.0/s1. The number of rotatable bonds is 14. The van der Waals surface area contributed by atoms with Gasteiger partial charge in [-0.05, 0) is 30.7 Å². The van der Waals surface area contributed by atoms with Gasteiger partial charge in [-0.25, -0.2) is 4.79 Å². The quantitative estimate of drug-likeness (QED) is 0.0899. The number of aliphatic hydroxyl groups is 4. The highest BCUT2D eigenvalue weighted by Crippen LogP contribution is 2.20. The molecule has 0 aliphatic carbocycles. The van der Waals surface area contributed by atoms with Crippen LogP contribution in [0, 0.1) is 0 Å². The predicted octanol–water partition coefficient (Wildman–Crippen LogP) is -3.69. The summed E-state index contributed by atoms with van der Waals surface area (Å²) in [6, 6.07) is 3.67. The number of aliphatic hydroxyl groups excluding tert-OH is 4. The lowest BCUT2D eigenvalue weighted by atomic mass is 10.0. The number of fused-ring (bicyclic) bond motifs is 1. The van der Waals surface area contributed by atoms with Crippen LogP contribution in [-0.2, 0) is 14.4 Å². The number of nitrogens with zero attached hydrogens (tertiary/aromatic N) is 1. The van der Waals surface area contributed by atoms with E-state index in [1.165, 1.54) is 12.1 Å². The molecule has 1 amide bonds. The number of hydrogen-bond donors (Lipinski definition) is 13. The van der Waals surface area contributed by atoms with Crippen molar-refractivity contribution < 1.29 is 49.8 Å². The number of nitrogen functional groups attached to an aromatic ring is 1. The molecule has 2 unspecified atom stereocenters. The van der Waals surface area contributed by atoms with E-state index >= 15 is 0 Å². The molecule has 242 valence electrons. The number of nitrogens with two attached hydrogens (primary N) is 2. The highest BCUT2D eigenvalue weighted by Gasteiger charge is 2.28. The number of aromatic nitrogens is 2. The SMILES string of the molecule is N[C@@H](C=O)[C@@H](O)[C@@H](O)[C@H](O)CO.Nc1nc2c(c(=O)[nH]1)NC(CNc1ccc(C(=O)NC(CCC(=O)O)C(=O)O)cc1)CN2. The summed E-state index contributed by atoms with van der Waals surface area (Å²) in [5.41, 5.74) is 11.4. The molecule has 6 atom stereocenters. The van der Waals surface area contributed by atoms with Crippen molar-refractivity contribution in [3.8, 4) is 0 Å². The molecular weight excluding hydrogens is 588 g/mol. The third kappa shape index (κ3) is 10.5. The second-order valence-electron chi connectivity index (χ2n) is 9.60. The van der Waals surface area contributed by atoms with E-state index < -0.39 is 54.8 Å². The van der Waals surface area contributed by atoms with Gasteiger partial charge in [0.25, 0.3) is 11.5 Å². The van der Waals surface area contributed by atoms with Gasteiger partial charge in [-0.2, -0.15) is 4.98 Å². The Kier molecular flexibility index (Phi) is 13.4. The Labute approximate surface area is 249 Å². The Hall–Kier alpha value is -4.82. The first kappa shape index (κ1) is 35.4. The van der Waals surface area contributed by atoms with Crippen LogP contribution in [0.25, 0.3) is 0 Å². The van der Waals surface area contributed by atoms with E-state index in [4.69, 9.17) is 42.1 Å². The Morgan fingerprint density at radius 2 is 1.77 bits per heavy atom. The number of aromatic amines is 1. The van der Waals surface area contributed by atoms with Crippen LogP contribution in [-0.4, -0.2) is 121 Å². The van der Waals surface area contributed by atoms with Crippen molar-refractivity contribution in [1.82, 2.24) is 15.3 Å². The highest BCUT2D eigenvalue weighted by atomic mass is 16.4. The molecule has 44 heavy (non-hydrogen) atoms. The number of benzene rings is 1. The summed E-state index contributed by atoms with van der Waals surface area (Å²) < 4.78 is 0. The highest BCUT2D eigenvalue weighted by molar-refractivity contribution is 5.97. The Morgan fingerprint density at radius 1 is 1.11 bits per heavy atom. The molecule has 0 spiro atoms. The third-order valence-electron chi connectivity index (χ3n) is 6.23. The number of anilines is 4. The van der Waals surface area contributed by atoms with Crippen molar-refractivity contribution in [2.45, 2.75) is 49.3 Å². The van der Waals surface area contributed by atoms with E-state index in [1.807, 2.05) is 0 Å². The zero-order chi connectivity index (χ0) is 33.0. The van der Waals surface area contributed by atoms with Crippen LogP contribution in [0.1, 0.15) is 23.2 Å². The van der Waals surface area contributed by atoms with E-state index in [2.05, 4.69) is 31.2 Å². The zero-order valence-corrected chi connectivity index (χ0v) is 23.2. The van der Waals surface area contributed by atoms with Crippen LogP contribution in [0.3, 0.4) is 0 Å². The maximum absolute atomic E-state index is 12.3. The molecule has 2 heterocycles. The molecule has 1 aromatic heterocycles. The van der Waals surface area contributed by atoms with E-state index in [9.17, 15) is 24.0 Å². The minimum Gasteiger partial charge on any atom is -0.481 e. The van der Waals surface area contributed by atoms with E-state index in [-0.39, 0.29) is 42.2 Å². The maximum atomic E-state index is 12.3. The summed E-state index contributed by atoms with van der Waals surface area (Å²) in [6.07, 6.45) is -5.01. The molecule has 15 N–H and O–H groups in total. The molecule has 0 radical (unpaired) electrons. The van der Waals surface area contributed by atoms with Gasteiger partial charge in [-0.15, -0.1) is 0 Å². The van der Waals surface area contributed by atoms with Gasteiger partial charge in [0.1, 0.15) is 36.3 Å². The number of hydrogen-bond acceptors (Lipinski definition) is 15. The Morgan fingerprint density at radius 3 is 2.34 bits per heavy atom. The van der Waals surface area contributed by atoms with Gasteiger partial charge in [-0.1, -0.05) is 0 Å². The smallest absolute Gasteiger partial charge is 0.326 e. The number of carbonyl (C=O) groups excluding carboxylic acids is 2. The normalized spacial score (nSPS) is 17.0. The number of aldehydes is 1. The second-order valence-corrected chi connectivity index (χ2v) is 9.60. The number of nitrogens with one attached hydrogen (secondary N) is 5. The molecule has 3 rings (SSSR count). The minimum atomic E-state index is -1.62. The van der Waals surface area contributed by atoms with Gasteiger partial charge in [0, 0.05) is 30.8 Å². The fourth-order valence-corrected chi connectivity index (χ4v) is 3.74. The Balaban J connectivity index is 0.000000477. The Bertz CT molecular complexity index is 1340. The number of carbonyl (C=O) groups is 4. The van der Waals surface area contributed by atoms with Crippen molar-refractivity contribution >= 4 is 47.3 Å². The summed E-state index contributed by atoms with van der Waals surface area (Å²) in [7, 11) is 0. The lowest BCUT2D eigenvalue weighted by Gasteiger charge is -2.27. The largest absolute Gasteiger partial charge is 0.481 e. The second kappa shape index (κ2) is 16.7. The van der Waals surface area contributed by atoms with E-state index in [1.54, 1.807) is 12.1 Å². The van der Waals surface area contributed by atoms with Crippen molar-refractivity contribution in [1.29, 1.82) is 0 Å². The maximum Gasteiger partial charge on any atom is 0.326 e. The molecule has 1 aliphatic rings. The van der Waals surface area contributed by atoms with Crippen LogP contribution < -0.4 is 38.3 Å². The summed E-state index contributed by atoms with van der Waals surface area (Å²) in [5.74, 6) is -2.64. The number of H-pyrrole nitrogens is 1. The van der Waals surface area contributed by atoms with Crippen molar-refractivity contribution in [2.75, 3.05) is 41.4 Å².